The van der Waals surface area contributed by atoms with Crippen LogP contribution in [0.15, 0.2) is 30.3 Å². The molecular weight excluding hydrogens is 305 g/mol. The fraction of sp³-hybridized carbons (Fsp3) is 0. The van der Waals surface area contributed by atoms with Crippen molar-refractivity contribution in [1.82, 2.24) is 0 Å². The van der Waals surface area contributed by atoms with Crippen LogP contribution in [0.2, 0.25) is 20.1 Å². The van der Waals surface area contributed by atoms with E-state index in [-0.39, 0.29) is 10.0 Å². The van der Waals surface area contributed by atoms with E-state index < -0.39 is 5.82 Å². The molecule has 2 aromatic rings. The lowest BCUT2D eigenvalue weighted by Crippen LogP contribution is -1.86. The first-order chi connectivity index (χ1) is 7.99. The zero-order valence-corrected chi connectivity index (χ0v) is 11.3. The summed E-state index contributed by atoms with van der Waals surface area (Å²) in [6, 6.07) is 7.56. The van der Waals surface area contributed by atoms with Gasteiger partial charge in [-0.2, -0.15) is 0 Å². The summed E-state index contributed by atoms with van der Waals surface area (Å²) in [5.74, 6) is -0.592. The van der Waals surface area contributed by atoms with Gasteiger partial charge in [-0.25, -0.2) is 4.39 Å². The monoisotopic (exact) mass is 308 g/mol. The number of benzene rings is 2. The largest absolute Gasteiger partial charge is 0.205 e. The molecular formula is C12H5Cl4F. The maximum absolute atomic E-state index is 13.5. The van der Waals surface area contributed by atoms with Crippen LogP contribution in [0.5, 0.6) is 0 Å². The van der Waals surface area contributed by atoms with Crippen LogP contribution in [0.4, 0.5) is 4.39 Å². The average Bonchev–Trinajstić information content (AvgIpc) is 2.27. The molecule has 0 aliphatic heterocycles. The Kier molecular flexibility index (Phi) is 3.84. The fourth-order valence-corrected chi connectivity index (χ4v) is 2.26. The molecule has 0 atom stereocenters. The molecule has 0 bridgehead atoms. The van der Waals surface area contributed by atoms with E-state index in [1.165, 1.54) is 0 Å². The van der Waals surface area contributed by atoms with Crippen LogP contribution in [0, 0.1) is 5.82 Å². The Morgan fingerprint density at radius 3 is 2.12 bits per heavy atom. The molecule has 0 amide bonds. The molecule has 0 aliphatic rings. The maximum atomic E-state index is 13.5. The SMILES string of the molecule is Fc1cc(Cl)cc(-c2cc(Cl)ccc2Cl)c1Cl. The normalized spacial score (nSPS) is 10.6. The quantitative estimate of drug-likeness (QED) is 0.558. The minimum Gasteiger partial charge on any atom is -0.205 e. The molecule has 0 nitrogen and oxygen atoms in total. The number of halogens is 5. The van der Waals surface area contributed by atoms with Gasteiger partial charge in [0.2, 0.25) is 0 Å². The molecule has 2 aromatic carbocycles. The molecule has 2 rings (SSSR count). The minimum atomic E-state index is -0.592. The number of hydrogen-bond acceptors (Lipinski definition) is 0. The lowest BCUT2D eigenvalue weighted by atomic mass is 10.1. The summed E-state index contributed by atoms with van der Waals surface area (Å²) in [6.45, 7) is 0. The van der Waals surface area contributed by atoms with E-state index in [0.29, 0.717) is 21.2 Å². The topological polar surface area (TPSA) is 0 Å². The predicted octanol–water partition coefficient (Wildman–Crippen LogP) is 6.11. The van der Waals surface area contributed by atoms with E-state index in [4.69, 9.17) is 46.4 Å². The summed E-state index contributed by atoms with van der Waals surface area (Å²) in [5, 5.41) is 1.13. The average molecular weight is 310 g/mol. The summed E-state index contributed by atoms with van der Waals surface area (Å²) < 4.78 is 13.5. The van der Waals surface area contributed by atoms with Gasteiger partial charge < -0.3 is 0 Å². The Bertz CT molecular complexity index is 581. The Morgan fingerprint density at radius 2 is 1.41 bits per heavy atom. The lowest BCUT2D eigenvalue weighted by molar-refractivity contribution is 0.629. The van der Waals surface area contributed by atoms with Crippen molar-refractivity contribution in [2.45, 2.75) is 0 Å². The Labute approximate surface area is 118 Å². The molecule has 0 aliphatic carbocycles. The standard InChI is InChI=1S/C12H5Cl4F/c13-6-1-2-10(15)8(3-6)9-4-7(14)5-11(17)12(9)16/h1-5H. The van der Waals surface area contributed by atoms with Crippen LogP contribution in [-0.4, -0.2) is 0 Å². The molecule has 0 N–H and O–H groups in total. The highest BCUT2D eigenvalue weighted by atomic mass is 35.5. The van der Waals surface area contributed by atoms with Gasteiger partial charge in [0, 0.05) is 26.2 Å². The third kappa shape index (κ3) is 2.69. The van der Waals surface area contributed by atoms with Crippen molar-refractivity contribution in [2.24, 2.45) is 0 Å². The molecule has 0 unspecified atom stereocenters. The molecule has 0 aromatic heterocycles. The maximum Gasteiger partial charge on any atom is 0.143 e. The smallest absolute Gasteiger partial charge is 0.143 e. The molecule has 5 heteroatoms. The minimum absolute atomic E-state index is 0.0291. The van der Waals surface area contributed by atoms with Crippen molar-refractivity contribution in [2.75, 3.05) is 0 Å². The zero-order chi connectivity index (χ0) is 12.6. The zero-order valence-electron chi connectivity index (χ0n) is 8.28. The second-order valence-electron chi connectivity index (χ2n) is 3.37. The molecule has 0 spiro atoms. The lowest BCUT2D eigenvalue weighted by Gasteiger charge is -2.09. The van der Waals surface area contributed by atoms with Gasteiger partial charge in [-0.05, 0) is 30.3 Å². The Morgan fingerprint density at radius 1 is 0.765 bits per heavy atom. The first-order valence-electron chi connectivity index (χ1n) is 4.59. The van der Waals surface area contributed by atoms with Crippen molar-refractivity contribution in [3.8, 4) is 11.1 Å². The summed E-state index contributed by atoms with van der Waals surface area (Å²) in [6.07, 6.45) is 0. The van der Waals surface area contributed by atoms with E-state index in [2.05, 4.69) is 0 Å². The van der Waals surface area contributed by atoms with Crippen molar-refractivity contribution >= 4 is 46.4 Å². The summed E-state index contributed by atoms with van der Waals surface area (Å²) in [5.41, 5.74) is 0.967. The van der Waals surface area contributed by atoms with Gasteiger partial charge in [0.15, 0.2) is 0 Å². The van der Waals surface area contributed by atoms with Crippen LogP contribution in [0.3, 0.4) is 0 Å². The van der Waals surface area contributed by atoms with Gasteiger partial charge in [0.1, 0.15) is 5.82 Å². The van der Waals surface area contributed by atoms with Crippen LogP contribution in [-0.2, 0) is 0 Å². The highest BCUT2D eigenvalue weighted by Gasteiger charge is 2.13. The predicted molar refractivity (Wildman–Crippen MR) is 71.9 cm³/mol. The van der Waals surface area contributed by atoms with E-state index in [1.54, 1.807) is 24.3 Å². The van der Waals surface area contributed by atoms with Crippen molar-refractivity contribution in [1.29, 1.82) is 0 Å². The fourth-order valence-electron chi connectivity index (χ4n) is 1.46. The van der Waals surface area contributed by atoms with Gasteiger partial charge in [0.05, 0.1) is 5.02 Å². The van der Waals surface area contributed by atoms with Gasteiger partial charge in [-0.1, -0.05) is 46.4 Å². The van der Waals surface area contributed by atoms with Crippen LogP contribution in [0.1, 0.15) is 0 Å². The molecule has 88 valence electrons. The first-order valence-corrected chi connectivity index (χ1v) is 6.10. The van der Waals surface area contributed by atoms with E-state index >= 15 is 0 Å². The summed E-state index contributed by atoms with van der Waals surface area (Å²) in [7, 11) is 0. The van der Waals surface area contributed by atoms with Gasteiger partial charge in [0.25, 0.3) is 0 Å². The number of hydrogen-bond donors (Lipinski definition) is 0. The third-order valence-electron chi connectivity index (χ3n) is 2.21. The molecule has 0 saturated heterocycles. The molecule has 17 heavy (non-hydrogen) atoms. The third-order valence-corrected chi connectivity index (χ3v) is 3.38. The van der Waals surface area contributed by atoms with Crippen LogP contribution < -0.4 is 0 Å². The van der Waals surface area contributed by atoms with Crippen molar-refractivity contribution in [3.05, 3.63) is 56.2 Å². The van der Waals surface area contributed by atoms with E-state index in [0.717, 1.165) is 6.07 Å². The highest BCUT2D eigenvalue weighted by molar-refractivity contribution is 6.38. The van der Waals surface area contributed by atoms with E-state index in [9.17, 15) is 4.39 Å². The van der Waals surface area contributed by atoms with Gasteiger partial charge in [-0.15, -0.1) is 0 Å². The second-order valence-corrected chi connectivity index (χ2v) is 5.03. The highest BCUT2D eigenvalue weighted by Crippen LogP contribution is 2.37. The summed E-state index contributed by atoms with van der Waals surface area (Å²) >= 11 is 23.6. The van der Waals surface area contributed by atoms with Crippen molar-refractivity contribution in [3.63, 3.8) is 0 Å². The molecule has 0 radical (unpaired) electrons. The van der Waals surface area contributed by atoms with Crippen LogP contribution in [0.25, 0.3) is 11.1 Å². The first kappa shape index (κ1) is 13.0. The summed E-state index contributed by atoms with van der Waals surface area (Å²) in [4.78, 5) is 0. The van der Waals surface area contributed by atoms with Crippen LogP contribution >= 0.6 is 46.4 Å². The van der Waals surface area contributed by atoms with Gasteiger partial charge in [-0.3, -0.25) is 0 Å². The molecule has 0 heterocycles. The number of rotatable bonds is 1. The van der Waals surface area contributed by atoms with E-state index in [1.807, 2.05) is 0 Å². The second kappa shape index (κ2) is 5.03. The molecule has 0 fully saturated rings. The van der Waals surface area contributed by atoms with Crippen molar-refractivity contribution < 1.29 is 4.39 Å². The Hall–Kier alpha value is -0.470. The van der Waals surface area contributed by atoms with Gasteiger partial charge >= 0.3 is 0 Å². The molecule has 0 saturated carbocycles. The Balaban J connectivity index is 2.72.